The molecule has 0 aromatic carbocycles. The van der Waals surface area contributed by atoms with Crippen LogP contribution in [0.4, 0.5) is 17.8 Å². The van der Waals surface area contributed by atoms with Gasteiger partial charge in [0.2, 0.25) is 17.8 Å². The summed E-state index contributed by atoms with van der Waals surface area (Å²) in [5.41, 5.74) is 2.50. The predicted molar refractivity (Wildman–Crippen MR) is 86.2 cm³/mol. The number of hydrogen-bond donors (Lipinski definition) is 3. The van der Waals surface area contributed by atoms with Gasteiger partial charge in [-0.3, -0.25) is 5.43 Å². The zero-order valence-electron chi connectivity index (χ0n) is 13.4. The van der Waals surface area contributed by atoms with E-state index < -0.39 is 0 Å². The zero-order chi connectivity index (χ0) is 15.4. The van der Waals surface area contributed by atoms with Gasteiger partial charge in [-0.2, -0.15) is 15.0 Å². The van der Waals surface area contributed by atoms with Crippen LogP contribution in [0.3, 0.4) is 0 Å². The van der Waals surface area contributed by atoms with Gasteiger partial charge >= 0.3 is 0 Å². The molecule has 2 rings (SSSR count). The molecule has 0 bridgehead atoms. The molecule has 1 aliphatic rings. The number of nitrogen functional groups attached to an aromatic ring is 1. The molecule has 1 aromatic heterocycles. The molecule has 7 nitrogen and oxygen atoms in total. The van der Waals surface area contributed by atoms with E-state index in [9.17, 15) is 0 Å². The molecule has 2 atom stereocenters. The van der Waals surface area contributed by atoms with Crippen molar-refractivity contribution >= 4 is 17.8 Å². The molecule has 21 heavy (non-hydrogen) atoms. The van der Waals surface area contributed by atoms with Crippen molar-refractivity contribution in [3.63, 3.8) is 0 Å². The van der Waals surface area contributed by atoms with Crippen molar-refractivity contribution in [1.82, 2.24) is 15.0 Å². The molecule has 1 heterocycles. The largest absolute Gasteiger partial charge is 0.351 e. The topological polar surface area (TPSA) is 92.0 Å². The van der Waals surface area contributed by atoms with Crippen molar-refractivity contribution in [3.8, 4) is 0 Å². The highest BCUT2D eigenvalue weighted by atomic mass is 15.4. The Morgan fingerprint density at radius 1 is 1.10 bits per heavy atom. The summed E-state index contributed by atoms with van der Waals surface area (Å²) >= 11 is 0. The molecule has 118 valence electrons. The molecule has 0 amide bonds. The minimum absolute atomic E-state index is 0.383. The monoisotopic (exact) mass is 293 g/mol. The average Bonchev–Trinajstić information content (AvgIpc) is 2.47. The van der Waals surface area contributed by atoms with Gasteiger partial charge in [-0.25, -0.2) is 5.84 Å². The number of hydrogen-bond acceptors (Lipinski definition) is 7. The van der Waals surface area contributed by atoms with Gasteiger partial charge in [0.1, 0.15) is 0 Å². The fourth-order valence-corrected chi connectivity index (χ4v) is 3.00. The molecule has 0 saturated heterocycles. The minimum atomic E-state index is 0.383. The summed E-state index contributed by atoms with van der Waals surface area (Å²) in [5.74, 6) is 8.34. The van der Waals surface area contributed by atoms with Crippen LogP contribution in [0.5, 0.6) is 0 Å². The van der Waals surface area contributed by atoms with Crippen LogP contribution in [0.15, 0.2) is 0 Å². The van der Waals surface area contributed by atoms with E-state index in [2.05, 4.69) is 39.5 Å². The number of aromatic nitrogens is 3. The molecule has 2 unspecified atom stereocenters. The molecular weight excluding hydrogens is 266 g/mol. The summed E-state index contributed by atoms with van der Waals surface area (Å²) in [6, 6.07) is 0.418. The summed E-state index contributed by atoms with van der Waals surface area (Å²) in [6.07, 6.45) is 5.01. The molecule has 1 aromatic rings. The number of rotatable bonds is 5. The standard InChI is InChI=1S/C14H27N7/c1-9(2)10-7-5-6-8-11(10)16-12-17-13(20-15)19-14(18-12)21(3)4/h9-11H,5-8,15H2,1-4H3,(H2,16,17,18,19,20). The second-order valence-corrected chi connectivity index (χ2v) is 6.26. The summed E-state index contributed by atoms with van der Waals surface area (Å²) in [5, 5.41) is 3.50. The number of hydrazine groups is 1. The van der Waals surface area contributed by atoms with E-state index in [0.717, 1.165) is 6.42 Å². The Balaban J connectivity index is 2.19. The van der Waals surface area contributed by atoms with Gasteiger partial charge in [-0.1, -0.05) is 26.7 Å². The maximum atomic E-state index is 5.45. The highest BCUT2D eigenvalue weighted by molar-refractivity contribution is 5.42. The Morgan fingerprint density at radius 2 is 1.76 bits per heavy atom. The third-order valence-electron chi connectivity index (χ3n) is 4.14. The van der Waals surface area contributed by atoms with Crippen molar-refractivity contribution in [1.29, 1.82) is 0 Å². The fourth-order valence-electron chi connectivity index (χ4n) is 3.00. The molecule has 1 saturated carbocycles. The molecule has 4 N–H and O–H groups in total. The molecule has 7 heteroatoms. The van der Waals surface area contributed by atoms with E-state index in [1.165, 1.54) is 19.3 Å². The Bertz CT molecular complexity index is 461. The first kappa shape index (κ1) is 15.8. The third kappa shape index (κ3) is 3.93. The van der Waals surface area contributed by atoms with Gasteiger partial charge in [-0.15, -0.1) is 0 Å². The van der Waals surface area contributed by atoms with Gasteiger partial charge in [-0.05, 0) is 24.7 Å². The van der Waals surface area contributed by atoms with Crippen molar-refractivity contribution in [2.24, 2.45) is 17.7 Å². The second kappa shape index (κ2) is 6.89. The van der Waals surface area contributed by atoms with Crippen LogP contribution < -0.4 is 21.5 Å². The van der Waals surface area contributed by atoms with E-state index >= 15 is 0 Å². The van der Waals surface area contributed by atoms with Crippen molar-refractivity contribution < 1.29 is 0 Å². The number of anilines is 3. The third-order valence-corrected chi connectivity index (χ3v) is 4.14. The van der Waals surface area contributed by atoms with Crippen LogP contribution >= 0.6 is 0 Å². The van der Waals surface area contributed by atoms with Crippen LogP contribution in [0.25, 0.3) is 0 Å². The maximum Gasteiger partial charge on any atom is 0.243 e. The summed E-state index contributed by atoms with van der Waals surface area (Å²) in [4.78, 5) is 14.9. The highest BCUT2D eigenvalue weighted by Gasteiger charge is 2.28. The van der Waals surface area contributed by atoms with Gasteiger partial charge in [0, 0.05) is 20.1 Å². The Hall–Kier alpha value is -1.63. The smallest absolute Gasteiger partial charge is 0.243 e. The quantitative estimate of drug-likeness (QED) is 0.563. The van der Waals surface area contributed by atoms with E-state index in [-0.39, 0.29) is 0 Å². The lowest BCUT2D eigenvalue weighted by Gasteiger charge is -2.35. The molecular formula is C14H27N7. The first-order valence-electron chi connectivity index (χ1n) is 7.67. The van der Waals surface area contributed by atoms with E-state index in [4.69, 9.17) is 5.84 Å². The van der Waals surface area contributed by atoms with Crippen LogP contribution in [0, 0.1) is 11.8 Å². The van der Waals surface area contributed by atoms with Gasteiger partial charge in [0.25, 0.3) is 0 Å². The first-order valence-corrected chi connectivity index (χ1v) is 7.67. The van der Waals surface area contributed by atoms with E-state index in [0.29, 0.717) is 35.7 Å². The molecule has 0 aliphatic heterocycles. The second-order valence-electron chi connectivity index (χ2n) is 6.26. The average molecular weight is 293 g/mol. The molecule has 1 aliphatic carbocycles. The zero-order valence-corrected chi connectivity index (χ0v) is 13.4. The lowest BCUT2D eigenvalue weighted by molar-refractivity contribution is 0.253. The normalized spacial score (nSPS) is 22.2. The van der Waals surface area contributed by atoms with Crippen LogP contribution in [-0.2, 0) is 0 Å². The lowest BCUT2D eigenvalue weighted by atomic mass is 9.78. The van der Waals surface area contributed by atoms with Gasteiger partial charge in [0.15, 0.2) is 0 Å². The van der Waals surface area contributed by atoms with Crippen LogP contribution in [0.1, 0.15) is 39.5 Å². The fraction of sp³-hybridized carbons (Fsp3) is 0.786. The molecule has 0 radical (unpaired) electrons. The summed E-state index contributed by atoms with van der Waals surface area (Å²) in [6.45, 7) is 4.58. The van der Waals surface area contributed by atoms with E-state index in [1.807, 2.05) is 19.0 Å². The highest BCUT2D eigenvalue weighted by Crippen LogP contribution is 2.32. The Kier molecular flexibility index (Phi) is 5.17. The van der Waals surface area contributed by atoms with E-state index in [1.54, 1.807) is 0 Å². The van der Waals surface area contributed by atoms with Crippen molar-refractivity contribution in [3.05, 3.63) is 0 Å². The maximum absolute atomic E-state index is 5.45. The number of nitrogens with zero attached hydrogens (tertiary/aromatic N) is 4. The van der Waals surface area contributed by atoms with Crippen LogP contribution in [0.2, 0.25) is 0 Å². The summed E-state index contributed by atoms with van der Waals surface area (Å²) in [7, 11) is 3.80. The molecule has 1 fully saturated rings. The van der Waals surface area contributed by atoms with Crippen molar-refractivity contribution in [2.75, 3.05) is 29.7 Å². The van der Waals surface area contributed by atoms with Gasteiger partial charge < -0.3 is 10.2 Å². The van der Waals surface area contributed by atoms with Gasteiger partial charge in [0.05, 0.1) is 0 Å². The SMILES string of the molecule is CC(C)C1CCCCC1Nc1nc(NN)nc(N(C)C)n1. The number of nitrogens with two attached hydrogens (primary N) is 1. The summed E-state index contributed by atoms with van der Waals surface area (Å²) < 4.78 is 0. The van der Waals surface area contributed by atoms with Crippen LogP contribution in [-0.4, -0.2) is 35.1 Å². The minimum Gasteiger partial charge on any atom is -0.351 e. The lowest BCUT2D eigenvalue weighted by Crippen LogP contribution is -2.36. The number of nitrogens with one attached hydrogen (secondary N) is 2. The predicted octanol–water partition coefficient (Wildman–Crippen LogP) is 1.85. The Labute approximate surface area is 126 Å². The Morgan fingerprint density at radius 3 is 2.38 bits per heavy atom. The first-order chi connectivity index (χ1) is 10.0. The molecule has 0 spiro atoms. The van der Waals surface area contributed by atoms with Crippen molar-refractivity contribution in [2.45, 2.75) is 45.6 Å².